The fourth-order valence-electron chi connectivity index (χ4n) is 3.87. The molecule has 2 amide bonds. The number of carbonyl (C=O) groups is 2. The highest BCUT2D eigenvalue weighted by atomic mass is 32.2. The van der Waals surface area contributed by atoms with Crippen LogP contribution in [0.2, 0.25) is 0 Å². The quantitative estimate of drug-likeness (QED) is 0.554. The van der Waals surface area contributed by atoms with Crippen molar-refractivity contribution in [2.75, 3.05) is 17.1 Å². The fraction of sp³-hybridized carbons (Fsp3) is 0.462. The van der Waals surface area contributed by atoms with Crippen LogP contribution < -0.4 is 9.62 Å². The van der Waals surface area contributed by atoms with Crippen molar-refractivity contribution in [2.24, 2.45) is 0 Å². The molecule has 0 aliphatic carbocycles. The summed E-state index contributed by atoms with van der Waals surface area (Å²) in [6.07, 6.45) is 1.49. The number of nitrogens with one attached hydrogen (secondary N) is 1. The number of benzene rings is 2. The van der Waals surface area contributed by atoms with Gasteiger partial charge in [0.05, 0.1) is 11.9 Å². The molecule has 8 heteroatoms. The summed E-state index contributed by atoms with van der Waals surface area (Å²) >= 11 is 0. The topological polar surface area (TPSA) is 86.8 Å². The van der Waals surface area contributed by atoms with Gasteiger partial charge in [0.1, 0.15) is 12.6 Å². The maximum Gasteiger partial charge on any atom is 0.244 e. The summed E-state index contributed by atoms with van der Waals surface area (Å²) in [4.78, 5) is 28.1. The molecule has 0 heterocycles. The summed E-state index contributed by atoms with van der Waals surface area (Å²) in [7, 11) is -3.75. The van der Waals surface area contributed by atoms with Crippen LogP contribution in [0.25, 0.3) is 0 Å². The van der Waals surface area contributed by atoms with Crippen LogP contribution in [0.1, 0.15) is 49.4 Å². The number of anilines is 1. The summed E-state index contributed by atoms with van der Waals surface area (Å²) in [5.41, 5.74) is 4.17. The Hall–Kier alpha value is -2.87. The van der Waals surface area contributed by atoms with Crippen LogP contribution in [0, 0.1) is 20.8 Å². The van der Waals surface area contributed by atoms with E-state index in [1.54, 1.807) is 6.07 Å². The number of carbonyl (C=O) groups excluding carboxylic acids is 2. The Morgan fingerprint density at radius 1 is 0.971 bits per heavy atom. The first-order chi connectivity index (χ1) is 15.8. The molecule has 7 nitrogen and oxygen atoms in total. The lowest BCUT2D eigenvalue weighted by molar-refractivity contribution is -0.140. The van der Waals surface area contributed by atoms with E-state index in [0.29, 0.717) is 12.1 Å². The normalized spacial score (nSPS) is 12.4. The van der Waals surface area contributed by atoms with Gasteiger partial charge in [-0.2, -0.15) is 0 Å². The maximum atomic E-state index is 13.7. The highest BCUT2D eigenvalue weighted by Gasteiger charge is 2.32. The van der Waals surface area contributed by atoms with E-state index in [1.165, 1.54) is 4.90 Å². The Balaban J connectivity index is 2.46. The third kappa shape index (κ3) is 7.32. The molecule has 2 rings (SSSR count). The average Bonchev–Trinajstić information content (AvgIpc) is 2.72. The van der Waals surface area contributed by atoms with E-state index in [1.807, 2.05) is 77.9 Å². The molecule has 2 aromatic rings. The van der Waals surface area contributed by atoms with E-state index in [2.05, 4.69) is 5.32 Å². The zero-order valence-corrected chi connectivity index (χ0v) is 22.1. The second-order valence-electron chi connectivity index (χ2n) is 9.15. The number of aryl methyl sites for hydroxylation is 3. The van der Waals surface area contributed by atoms with Crippen LogP contribution in [0.5, 0.6) is 0 Å². The monoisotopic (exact) mass is 487 g/mol. The SMILES string of the molecule is CCC(C(=O)NC(C)C)N(Cc1ccc(C)cc1)C(=O)CN(c1ccc(C)cc1C)S(C)(=O)=O. The van der Waals surface area contributed by atoms with E-state index in [9.17, 15) is 18.0 Å². The largest absolute Gasteiger partial charge is 0.352 e. The molecule has 0 bridgehead atoms. The minimum absolute atomic E-state index is 0.0828. The smallest absolute Gasteiger partial charge is 0.244 e. The van der Waals surface area contributed by atoms with Gasteiger partial charge in [0.25, 0.3) is 0 Å². The Morgan fingerprint density at radius 3 is 2.06 bits per heavy atom. The van der Waals surface area contributed by atoms with Crippen molar-refractivity contribution in [1.29, 1.82) is 0 Å². The first kappa shape index (κ1) is 27.4. The lowest BCUT2D eigenvalue weighted by atomic mass is 10.1. The van der Waals surface area contributed by atoms with Crippen molar-refractivity contribution in [3.8, 4) is 0 Å². The molecule has 0 radical (unpaired) electrons. The molecule has 0 fully saturated rings. The maximum absolute atomic E-state index is 13.7. The number of sulfonamides is 1. The van der Waals surface area contributed by atoms with Crippen LogP contribution in [-0.2, 0) is 26.2 Å². The summed E-state index contributed by atoms with van der Waals surface area (Å²) in [5.74, 6) is -0.688. The molecule has 1 atom stereocenters. The molecule has 0 saturated heterocycles. The number of rotatable bonds is 10. The number of hydrogen-bond donors (Lipinski definition) is 1. The Morgan fingerprint density at radius 2 is 1.56 bits per heavy atom. The first-order valence-electron chi connectivity index (χ1n) is 11.5. The Bertz CT molecular complexity index is 1110. The summed E-state index contributed by atoms with van der Waals surface area (Å²) < 4.78 is 26.6. The van der Waals surface area contributed by atoms with Gasteiger partial charge >= 0.3 is 0 Å². The van der Waals surface area contributed by atoms with Crippen molar-refractivity contribution in [2.45, 2.75) is 66.6 Å². The predicted octanol–water partition coefficient (Wildman–Crippen LogP) is 3.71. The molecule has 2 aromatic carbocycles. The van der Waals surface area contributed by atoms with Gasteiger partial charge in [-0.1, -0.05) is 54.4 Å². The zero-order chi connectivity index (χ0) is 25.6. The molecule has 1 N–H and O–H groups in total. The Labute approximate surface area is 204 Å². The molecule has 0 aliphatic heterocycles. The number of amides is 2. The highest BCUT2D eigenvalue weighted by molar-refractivity contribution is 7.92. The third-order valence-electron chi connectivity index (χ3n) is 5.59. The van der Waals surface area contributed by atoms with Crippen LogP contribution in [-0.4, -0.2) is 50.0 Å². The van der Waals surface area contributed by atoms with Gasteiger partial charge < -0.3 is 10.2 Å². The zero-order valence-electron chi connectivity index (χ0n) is 21.3. The van der Waals surface area contributed by atoms with Gasteiger partial charge in [-0.25, -0.2) is 8.42 Å². The molecule has 0 aliphatic rings. The molecule has 0 spiro atoms. The molecule has 34 heavy (non-hydrogen) atoms. The van der Waals surface area contributed by atoms with Crippen LogP contribution in [0.3, 0.4) is 0 Å². The molecular formula is C26H37N3O4S. The van der Waals surface area contributed by atoms with Crippen molar-refractivity contribution < 1.29 is 18.0 Å². The predicted molar refractivity (Wildman–Crippen MR) is 137 cm³/mol. The van der Waals surface area contributed by atoms with E-state index < -0.39 is 22.0 Å². The third-order valence-corrected chi connectivity index (χ3v) is 6.72. The van der Waals surface area contributed by atoms with E-state index in [-0.39, 0.29) is 25.0 Å². The minimum Gasteiger partial charge on any atom is -0.352 e. The fourth-order valence-corrected chi connectivity index (χ4v) is 4.78. The molecule has 0 aromatic heterocycles. The van der Waals surface area contributed by atoms with Crippen molar-refractivity contribution in [1.82, 2.24) is 10.2 Å². The van der Waals surface area contributed by atoms with Gasteiger partial charge in [-0.05, 0) is 58.2 Å². The summed E-state index contributed by atoms with van der Waals surface area (Å²) in [6.45, 7) is 11.1. The lowest BCUT2D eigenvalue weighted by Crippen LogP contribution is -2.53. The number of hydrogen-bond acceptors (Lipinski definition) is 4. The van der Waals surface area contributed by atoms with Gasteiger partial charge in [-0.15, -0.1) is 0 Å². The van der Waals surface area contributed by atoms with Crippen LogP contribution >= 0.6 is 0 Å². The summed E-state index contributed by atoms with van der Waals surface area (Å²) in [6, 6.07) is 12.3. The number of nitrogens with zero attached hydrogens (tertiary/aromatic N) is 2. The van der Waals surface area contributed by atoms with Crippen LogP contribution in [0.15, 0.2) is 42.5 Å². The molecule has 1 unspecified atom stereocenters. The molecule has 186 valence electrons. The van der Waals surface area contributed by atoms with Crippen molar-refractivity contribution in [3.63, 3.8) is 0 Å². The van der Waals surface area contributed by atoms with Crippen LogP contribution in [0.4, 0.5) is 5.69 Å². The van der Waals surface area contributed by atoms with Crippen molar-refractivity contribution in [3.05, 3.63) is 64.7 Å². The van der Waals surface area contributed by atoms with E-state index in [0.717, 1.165) is 32.8 Å². The highest BCUT2D eigenvalue weighted by Crippen LogP contribution is 2.24. The van der Waals surface area contributed by atoms with Gasteiger partial charge in [0, 0.05) is 12.6 Å². The molecule has 0 saturated carbocycles. The second-order valence-corrected chi connectivity index (χ2v) is 11.1. The van der Waals surface area contributed by atoms with Gasteiger partial charge in [0.2, 0.25) is 21.8 Å². The van der Waals surface area contributed by atoms with Crippen molar-refractivity contribution >= 4 is 27.5 Å². The lowest BCUT2D eigenvalue weighted by Gasteiger charge is -2.33. The summed E-state index contributed by atoms with van der Waals surface area (Å²) in [5, 5.41) is 2.89. The minimum atomic E-state index is -3.75. The second kappa shape index (κ2) is 11.5. The Kier molecular flexibility index (Phi) is 9.27. The average molecular weight is 488 g/mol. The van der Waals surface area contributed by atoms with Gasteiger partial charge in [-0.3, -0.25) is 13.9 Å². The standard InChI is InChI=1S/C26H37N3O4S/c1-8-23(26(31)27-18(2)3)28(16-22-12-9-19(4)10-13-22)25(30)17-29(34(7,32)33)24-14-11-20(5)15-21(24)6/h9-15,18,23H,8,16-17H2,1-7H3,(H,27,31). The van der Waals surface area contributed by atoms with E-state index >= 15 is 0 Å². The molecular weight excluding hydrogens is 450 g/mol. The first-order valence-corrected chi connectivity index (χ1v) is 13.4. The van der Waals surface area contributed by atoms with Gasteiger partial charge in [0.15, 0.2) is 0 Å². The van der Waals surface area contributed by atoms with E-state index in [4.69, 9.17) is 0 Å².